The Morgan fingerprint density at radius 3 is 0.704 bits per heavy atom. The van der Waals surface area contributed by atoms with Gasteiger partial charge in [-0.05, 0) is 54.6 Å². The maximum atomic E-state index is 14.0. The van der Waals surface area contributed by atoms with Gasteiger partial charge in [0.05, 0.1) is 73.1 Å². The molecule has 0 aliphatic rings. The Morgan fingerprint density at radius 2 is 0.461 bits per heavy atom. The van der Waals surface area contributed by atoms with Crippen molar-refractivity contribution < 1.29 is 84.5 Å². The molecule has 9 rings (SSSR count). The summed E-state index contributed by atoms with van der Waals surface area (Å²) in [6.07, 6.45) is 0. The van der Waals surface area contributed by atoms with Crippen LogP contribution in [-0.2, 0) is 31.7 Å². The average Bonchev–Trinajstić information content (AvgIpc) is 0.788. The first-order chi connectivity index (χ1) is 54.7. The Hall–Kier alpha value is -16.9. The lowest BCUT2D eigenvalue weighted by molar-refractivity contribution is -0.519. The SMILES string of the molecule is C.C=[O+]n1c(C(=O)NCN(CN(CNC(=O)c2cccc(=O)n2OC)C(=O)c2cccc(=O)n2[O+]=C)C(=O)c2cccc(=O)n2[O+]=C)cccc1=O.C=[O+]n1c(C(=O)NCN(CNC(=O)c2cccc(=O)n2[O+]=C)C(=O)c2cccc(=O)n2[O+]=C)cccc1=O.C=[O+]n1c(C(=O)NCNC(=O)c2cccc(=O)n2OC)cccc1=O. The van der Waals surface area contributed by atoms with Crippen molar-refractivity contribution in [1.82, 2.24) is 89.2 Å². The summed E-state index contributed by atoms with van der Waals surface area (Å²) in [5.41, 5.74) is -8.44. The molecule has 0 aliphatic heterocycles. The van der Waals surface area contributed by atoms with Crippen LogP contribution < -0.4 is 91.6 Å². The highest BCUT2D eigenvalue weighted by atomic mass is 16.7. The molecule has 45 nitrogen and oxygen atoms in total. The van der Waals surface area contributed by atoms with Crippen LogP contribution in [0.3, 0.4) is 0 Å². The van der Waals surface area contributed by atoms with Crippen LogP contribution in [0.1, 0.15) is 102 Å². The number of carbonyl (C=O) groups excluding carboxylic acids is 16. The van der Waals surface area contributed by atoms with E-state index >= 15 is 0 Å². The molecule has 6 N–H and O–H groups in total. The van der Waals surface area contributed by atoms with Gasteiger partial charge in [0.25, 0.3) is 64.3 Å². The molecule has 9 aromatic heterocycles. The second kappa shape index (κ2) is 40.9. The van der Waals surface area contributed by atoms with Crippen LogP contribution in [0.2, 0.25) is 0 Å². The third-order valence-corrected chi connectivity index (χ3v) is 15.0. The first-order valence-electron chi connectivity index (χ1n) is 31.8. The fraction of sp³-hybridized carbons (Fsp3) is 0.129. The van der Waals surface area contributed by atoms with Gasteiger partial charge in [-0.25, -0.2) is 0 Å². The number of rotatable bonds is 30. The smallest absolute Gasteiger partial charge is 0.336 e. The molecular weight excluding hydrogens is 1520 g/mol. The number of nitrogens with one attached hydrogen (secondary N) is 6. The van der Waals surface area contributed by atoms with Crippen LogP contribution in [0, 0.1) is 0 Å². The van der Waals surface area contributed by atoms with Crippen LogP contribution in [0.4, 0.5) is 0 Å². The second-order valence-electron chi connectivity index (χ2n) is 21.7. The fourth-order valence-corrected chi connectivity index (χ4v) is 9.75. The zero-order chi connectivity index (χ0) is 83.5. The van der Waals surface area contributed by atoms with E-state index in [1.807, 2.05) is 0 Å². The summed E-state index contributed by atoms with van der Waals surface area (Å²) in [7, 11) is 2.39. The van der Waals surface area contributed by atoms with E-state index in [2.05, 4.69) is 93.0 Å². The molecule has 0 radical (unpaired) electrons. The molecule has 115 heavy (non-hydrogen) atoms. The Labute approximate surface area is 642 Å². The molecule has 9 heterocycles. The van der Waals surface area contributed by atoms with Gasteiger partial charge < -0.3 is 56.3 Å². The third kappa shape index (κ3) is 20.9. The minimum Gasteiger partial charge on any atom is -0.413 e. The van der Waals surface area contributed by atoms with Gasteiger partial charge in [-0.2, -0.15) is 0 Å². The highest BCUT2D eigenvalue weighted by molar-refractivity contribution is 5.98. The minimum absolute atomic E-state index is 0. The molecule has 0 unspecified atom stereocenters. The highest BCUT2D eigenvalue weighted by Gasteiger charge is 2.33. The Kier molecular flexibility index (Phi) is 30.9. The lowest BCUT2D eigenvalue weighted by atomic mass is 10.3. The zero-order valence-corrected chi connectivity index (χ0v) is 59.7. The minimum atomic E-state index is -1.02. The maximum absolute atomic E-state index is 14.0. The molecule has 0 spiro atoms. The number of amides is 9. The molecule has 0 saturated carbocycles. The van der Waals surface area contributed by atoms with E-state index < -0.39 is 148 Å². The second-order valence-corrected chi connectivity index (χ2v) is 21.7. The molecule has 0 fully saturated rings. The zero-order valence-electron chi connectivity index (χ0n) is 59.7. The van der Waals surface area contributed by atoms with Crippen molar-refractivity contribution in [2.24, 2.45) is 0 Å². The van der Waals surface area contributed by atoms with Gasteiger partial charge in [-0.15, -0.1) is 41.1 Å². The van der Waals surface area contributed by atoms with Crippen molar-refractivity contribution in [3.05, 3.63) is 308 Å². The standard InChI is InChI=1S/C31H27N8O12.C23H19N6O9.C15H14N4O6.CH4/c1-48-36-20(9-5-13-24(36)40)28(44)32-17-34(30(46)22-11-7-15-26(42)38(22)50-3)19-35(31(47)23-12-8-16-27(43)39(23)51-4)18-33-29(45)21-10-6-14-25(41)37(21)49-2;1-36-27-15(7-4-10-18(27)30)21(33)24-13-26(23(35)17-9-6-12-20(32)29(17)38-3)14-25-22(34)16-8-5-11-19(31)28(16)37-2;1-24-18-10(5-3-7-12(18)20)14(22)16-9-17-15(23)11-6-4-8-13(21)19(11)25-2;/h5-16H,1,3-4,17-19H2,2H3;4-12H,1-3,13-14H2;3-8H,1,9H2,2H3,(H-,16,17,22,23);1H4/q2*+1;;/p+5. The predicted octanol–water partition coefficient (Wildman–Crippen LogP) is -6.19. The summed E-state index contributed by atoms with van der Waals surface area (Å²) in [6.45, 7) is 18.5. The van der Waals surface area contributed by atoms with Gasteiger partial charge in [0.1, 0.15) is 25.6 Å². The van der Waals surface area contributed by atoms with Crippen molar-refractivity contribution >= 4 is 101 Å². The quantitative estimate of drug-likeness (QED) is 0.0180. The molecule has 0 aromatic carbocycles. The average molecular weight is 1590 g/mol. The van der Waals surface area contributed by atoms with Crippen molar-refractivity contribution in [2.75, 3.05) is 54.2 Å². The summed E-state index contributed by atoms with van der Waals surface area (Å²) in [5, 5.41) is 14.5. The van der Waals surface area contributed by atoms with Crippen molar-refractivity contribution in [2.45, 2.75) is 7.43 Å². The molecule has 45 heteroatoms. The summed E-state index contributed by atoms with van der Waals surface area (Å²) in [5.74, 6) is -7.73. The summed E-state index contributed by atoms with van der Waals surface area (Å²) in [4.78, 5) is 238. The lowest BCUT2D eigenvalue weighted by Gasteiger charge is -2.30. The van der Waals surface area contributed by atoms with E-state index in [0.717, 1.165) is 69.0 Å². The molecule has 9 amide bonds. The van der Waals surface area contributed by atoms with E-state index in [1.165, 1.54) is 128 Å². The van der Waals surface area contributed by atoms with Crippen molar-refractivity contribution in [1.29, 1.82) is 0 Å². The van der Waals surface area contributed by atoms with Crippen LogP contribution in [-0.4, -0.2) is 212 Å². The first kappa shape index (κ1) is 87.0. The largest absolute Gasteiger partial charge is 0.413 e. The summed E-state index contributed by atoms with van der Waals surface area (Å²) < 4.78 is 38.8. The van der Waals surface area contributed by atoms with Gasteiger partial charge in [0, 0.05) is 54.6 Å². The third-order valence-electron chi connectivity index (χ3n) is 15.0. The molecule has 9 aromatic rings. The van der Waals surface area contributed by atoms with E-state index in [1.54, 1.807) is 0 Å². The monoisotopic (exact) mass is 1590 g/mol. The molecule has 0 atom stereocenters. The van der Waals surface area contributed by atoms with Crippen LogP contribution in [0.5, 0.6) is 0 Å². The Balaban J connectivity index is 0.000000283. The number of nitrogens with zero attached hydrogens (tertiary/aromatic N) is 12. The van der Waals surface area contributed by atoms with Crippen molar-refractivity contribution in [3.63, 3.8) is 0 Å². The van der Waals surface area contributed by atoms with Gasteiger partial charge in [0.2, 0.25) is 39.9 Å². The van der Waals surface area contributed by atoms with Crippen LogP contribution in [0.25, 0.3) is 0 Å². The Bertz CT molecular complexity index is 5840. The number of carbonyl (C=O) groups is 9. The van der Waals surface area contributed by atoms with Gasteiger partial charge in [-0.3, -0.25) is 86.3 Å². The topological polar surface area (TPSA) is 531 Å². The molecular formula is C70H69N18O27+7. The molecule has 594 valence electrons. The van der Waals surface area contributed by atoms with Gasteiger partial charge in [-0.1, -0.05) is 62.0 Å². The van der Waals surface area contributed by atoms with Gasteiger partial charge >= 0.3 is 86.4 Å². The number of hydrogen-bond donors (Lipinski definition) is 6. The summed E-state index contributed by atoms with van der Waals surface area (Å²) >= 11 is 0. The molecule has 0 bridgehead atoms. The van der Waals surface area contributed by atoms with E-state index in [9.17, 15) is 86.3 Å². The normalized spacial score (nSPS) is 10.1. The highest BCUT2D eigenvalue weighted by Crippen LogP contribution is 2.11. The molecule has 0 saturated heterocycles. The van der Waals surface area contributed by atoms with Gasteiger partial charge in [0.15, 0.2) is 0 Å². The number of aromatic nitrogens is 9. The van der Waals surface area contributed by atoms with E-state index in [-0.39, 0.29) is 54.0 Å². The number of hydrogen-bond acceptors (Lipinski definition) is 20. The Morgan fingerprint density at radius 1 is 0.278 bits per heavy atom. The lowest BCUT2D eigenvalue weighted by Crippen LogP contribution is -2.53. The number of pyridine rings is 9. The van der Waals surface area contributed by atoms with Crippen LogP contribution >= 0.6 is 0 Å². The first-order valence-corrected chi connectivity index (χ1v) is 31.8. The van der Waals surface area contributed by atoms with E-state index in [0.29, 0.717) is 37.8 Å². The van der Waals surface area contributed by atoms with E-state index in [4.69, 9.17) is 27.8 Å². The summed E-state index contributed by atoms with van der Waals surface area (Å²) in [6, 6.07) is 33.4. The van der Waals surface area contributed by atoms with Crippen LogP contribution in [0.15, 0.2) is 207 Å². The van der Waals surface area contributed by atoms with Crippen molar-refractivity contribution in [3.8, 4) is 0 Å². The molecule has 0 aliphatic carbocycles. The fourth-order valence-electron chi connectivity index (χ4n) is 9.75. The predicted molar refractivity (Wildman–Crippen MR) is 398 cm³/mol. The maximum Gasteiger partial charge on any atom is 0.336 e.